The molecule has 4 rings (SSSR count). The van der Waals surface area contributed by atoms with Gasteiger partial charge in [-0.2, -0.15) is 4.31 Å². The Hall–Kier alpha value is -2.52. The molecular formula is C20H24N4O4S. The van der Waals surface area contributed by atoms with E-state index in [9.17, 15) is 18.5 Å². The third-order valence-electron chi connectivity index (χ3n) is 5.45. The van der Waals surface area contributed by atoms with Crippen molar-refractivity contribution in [3.05, 3.63) is 58.4 Å². The van der Waals surface area contributed by atoms with Crippen LogP contribution in [0, 0.1) is 10.1 Å². The highest BCUT2D eigenvalue weighted by atomic mass is 32.2. The summed E-state index contributed by atoms with van der Waals surface area (Å²) in [6.45, 7) is 1.38. The summed E-state index contributed by atoms with van der Waals surface area (Å²) in [7, 11) is -3.73. The predicted molar refractivity (Wildman–Crippen MR) is 109 cm³/mol. The van der Waals surface area contributed by atoms with Gasteiger partial charge < -0.3 is 4.90 Å². The SMILES string of the molecule is O=[N+]([O-])c1cc(S(=O)(=O)N2CCCCC2)ccc1N(Cc1ccccn1)C1CC1. The summed E-state index contributed by atoms with van der Waals surface area (Å²) in [6.07, 6.45) is 6.26. The minimum atomic E-state index is -3.73. The number of nitro groups is 1. The lowest BCUT2D eigenvalue weighted by molar-refractivity contribution is -0.384. The smallest absolute Gasteiger partial charge is 0.293 e. The van der Waals surface area contributed by atoms with Crippen molar-refractivity contribution in [3.63, 3.8) is 0 Å². The maximum Gasteiger partial charge on any atom is 0.293 e. The van der Waals surface area contributed by atoms with Gasteiger partial charge in [-0.1, -0.05) is 12.5 Å². The summed E-state index contributed by atoms with van der Waals surface area (Å²) < 4.78 is 27.4. The van der Waals surface area contributed by atoms with E-state index in [0.717, 1.165) is 37.8 Å². The minimum absolute atomic E-state index is 0.0107. The van der Waals surface area contributed by atoms with Gasteiger partial charge in [0.1, 0.15) is 5.69 Å². The number of piperidine rings is 1. The van der Waals surface area contributed by atoms with Crippen LogP contribution in [0.1, 0.15) is 37.8 Å². The summed E-state index contributed by atoms with van der Waals surface area (Å²) in [5, 5.41) is 11.8. The topological polar surface area (TPSA) is 96.6 Å². The van der Waals surface area contributed by atoms with E-state index in [2.05, 4.69) is 4.98 Å². The fourth-order valence-corrected chi connectivity index (χ4v) is 5.31. The Kier molecular flexibility index (Phi) is 5.51. The number of benzene rings is 1. The number of aromatic nitrogens is 1. The summed E-state index contributed by atoms with van der Waals surface area (Å²) in [4.78, 5) is 17.6. The Morgan fingerprint density at radius 2 is 1.90 bits per heavy atom. The lowest BCUT2D eigenvalue weighted by Gasteiger charge is -2.27. The molecule has 1 saturated heterocycles. The van der Waals surface area contributed by atoms with E-state index in [4.69, 9.17) is 0 Å². The summed E-state index contributed by atoms with van der Waals surface area (Å²) in [5.74, 6) is 0. The van der Waals surface area contributed by atoms with Gasteiger partial charge in [-0.3, -0.25) is 15.1 Å². The molecule has 0 unspecified atom stereocenters. The molecule has 2 aromatic rings. The molecule has 1 aromatic heterocycles. The highest BCUT2D eigenvalue weighted by Gasteiger charge is 2.35. The van der Waals surface area contributed by atoms with E-state index < -0.39 is 14.9 Å². The highest BCUT2D eigenvalue weighted by molar-refractivity contribution is 7.89. The second kappa shape index (κ2) is 8.08. The molecule has 0 N–H and O–H groups in total. The van der Waals surface area contributed by atoms with Crippen LogP contribution in [-0.2, 0) is 16.6 Å². The Morgan fingerprint density at radius 1 is 1.14 bits per heavy atom. The molecule has 0 amide bonds. The fraction of sp³-hybridized carbons (Fsp3) is 0.450. The number of hydrogen-bond acceptors (Lipinski definition) is 6. The number of rotatable bonds is 7. The van der Waals surface area contributed by atoms with Crippen molar-refractivity contribution >= 4 is 21.4 Å². The first-order chi connectivity index (χ1) is 14.0. The van der Waals surface area contributed by atoms with Gasteiger partial charge in [-0.15, -0.1) is 0 Å². The Balaban J connectivity index is 1.69. The first-order valence-electron chi connectivity index (χ1n) is 9.92. The van der Waals surface area contributed by atoms with E-state index in [-0.39, 0.29) is 16.6 Å². The van der Waals surface area contributed by atoms with E-state index >= 15 is 0 Å². The van der Waals surface area contributed by atoms with Gasteiger partial charge in [0, 0.05) is 31.4 Å². The molecule has 9 heteroatoms. The molecule has 1 aromatic carbocycles. The van der Waals surface area contributed by atoms with E-state index in [1.807, 2.05) is 23.1 Å². The lowest BCUT2D eigenvalue weighted by Crippen LogP contribution is -2.35. The van der Waals surface area contributed by atoms with Gasteiger partial charge in [-0.05, 0) is 49.9 Å². The number of pyridine rings is 1. The first kappa shape index (κ1) is 19.8. The Morgan fingerprint density at radius 3 is 2.52 bits per heavy atom. The molecule has 154 valence electrons. The summed E-state index contributed by atoms with van der Waals surface area (Å²) in [6, 6.07) is 10.1. The van der Waals surface area contributed by atoms with Crippen molar-refractivity contribution in [3.8, 4) is 0 Å². The largest absolute Gasteiger partial charge is 0.357 e. The monoisotopic (exact) mass is 416 g/mol. The molecule has 1 aliphatic carbocycles. The van der Waals surface area contributed by atoms with Crippen LogP contribution in [-0.4, -0.2) is 41.8 Å². The molecule has 0 atom stereocenters. The zero-order valence-corrected chi connectivity index (χ0v) is 16.9. The van der Waals surface area contributed by atoms with Gasteiger partial charge in [0.25, 0.3) is 5.69 Å². The number of hydrogen-bond donors (Lipinski definition) is 0. The van der Waals surface area contributed by atoms with Gasteiger partial charge in [0.15, 0.2) is 0 Å². The average molecular weight is 417 g/mol. The van der Waals surface area contributed by atoms with Crippen LogP contribution < -0.4 is 4.90 Å². The molecule has 0 bridgehead atoms. The third kappa shape index (κ3) is 4.25. The van der Waals surface area contributed by atoms with Gasteiger partial charge >= 0.3 is 0 Å². The van der Waals surface area contributed by atoms with Crippen molar-refractivity contribution < 1.29 is 13.3 Å². The molecule has 8 nitrogen and oxygen atoms in total. The number of nitro benzene ring substituents is 1. The van der Waals surface area contributed by atoms with Crippen molar-refractivity contribution in [1.82, 2.24) is 9.29 Å². The minimum Gasteiger partial charge on any atom is -0.357 e. The number of nitrogens with zero attached hydrogens (tertiary/aromatic N) is 4. The van der Waals surface area contributed by atoms with Crippen molar-refractivity contribution in [2.45, 2.75) is 49.6 Å². The molecule has 2 aliphatic rings. The number of anilines is 1. The molecule has 1 saturated carbocycles. The highest BCUT2D eigenvalue weighted by Crippen LogP contribution is 2.39. The van der Waals surface area contributed by atoms with Crippen molar-refractivity contribution in [1.29, 1.82) is 0 Å². The molecule has 1 aliphatic heterocycles. The molecule has 0 spiro atoms. The van der Waals surface area contributed by atoms with Gasteiger partial charge in [0.2, 0.25) is 10.0 Å². The van der Waals surface area contributed by atoms with Crippen LogP contribution in [0.15, 0.2) is 47.5 Å². The maximum atomic E-state index is 13.0. The van der Waals surface area contributed by atoms with Crippen molar-refractivity contribution in [2.75, 3.05) is 18.0 Å². The van der Waals surface area contributed by atoms with Crippen LogP contribution in [0.25, 0.3) is 0 Å². The molecule has 0 radical (unpaired) electrons. The normalized spacial score (nSPS) is 17.8. The standard InChI is InChI=1S/C20H24N4O4S/c25-24(26)20-14-18(29(27,28)22-12-4-1-5-13-22)9-10-19(20)23(17-7-8-17)15-16-6-2-3-11-21-16/h2-3,6,9-11,14,17H,1,4-5,7-8,12-13,15H2. The summed E-state index contributed by atoms with van der Waals surface area (Å²) in [5.41, 5.74) is 1.09. The second-order valence-corrected chi connectivity index (χ2v) is 9.49. The maximum absolute atomic E-state index is 13.0. The first-order valence-corrected chi connectivity index (χ1v) is 11.4. The van der Waals surface area contributed by atoms with E-state index in [0.29, 0.717) is 25.3 Å². The quantitative estimate of drug-likeness (QED) is 0.507. The van der Waals surface area contributed by atoms with Gasteiger partial charge in [0.05, 0.1) is 22.1 Å². The third-order valence-corrected chi connectivity index (χ3v) is 7.35. The summed E-state index contributed by atoms with van der Waals surface area (Å²) >= 11 is 0. The van der Waals surface area contributed by atoms with Crippen LogP contribution in [0.5, 0.6) is 0 Å². The second-order valence-electron chi connectivity index (χ2n) is 7.55. The van der Waals surface area contributed by atoms with Crippen LogP contribution in [0.4, 0.5) is 11.4 Å². The van der Waals surface area contributed by atoms with E-state index in [1.165, 1.54) is 16.4 Å². The van der Waals surface area contributed by atoms with Crippen molar-refractivity contribution in [2.24, 2.45) is 0 Å². The Bertz CT molecular complexity index is 987. The fourth-order valence-electron chi connectivity index (χ4n) is 3.77. The van der Waals surface area contributed by atoms with Crippen LogP contribution >= 0.6 is 0 Å². The molecule has 2 fully saturated rings. The number of sulfonamides is 1. The lowest BCUT2D eigenvalue weighted by atomic mass is 10.2. The zero-order valence-electron chi connectivity index (χ0n) is 16.1. The zero-order chi connectivity index (χ0) is 20.4. The van der Waals surface area contributed by atoms with E-state index in [1.54, 1.807) is 12.3 Å². The molecule has 29 heavy (non-hydrogen) atoms. The predicted octanol–water partition coefficient (Wildman–Crippen LogP) is 3.33. The Labute approximate surface area is 170 Å². The van der Waals surface area contributed by atoms with Crippen LogP contribution in [0.2, 0.25) is 0 Å². The van der Waals surface area contributed by atoms with Gasteiger partial charge in [-0.25, -0.2) is 8.42 Å². The molecule has 2 heterocycles. The van der Waals surface area contributed by atoms with Crippen LogP contribution in [0.3, 0.4) is 0 Å². The molecular weight excluding hydrogens is 392 g/mol. The average Bonchev–Trinajstić information content (AvgIpc) is 3.58.